The van der Waals surface area contributed by atoms with E-state index in [1.54, 1.807) is 0 Å². The van der Waals surface area contributed by atoms with Gasteiger partial charge in [-0.3, -0.25) is 0 Å². The van der Waals surface area contributed by atoms with Crippen LogP contribution in [0.4, 0.5) is 0 Å². The van der Waals surface area contributed by atoms with Gasteiger partial charge in [0.15, 0.2) is 0 Å². The maximum atomic E-state index is 10.4. The Morgan fingerprint density at radius 1 is 1.28 bits per heavy atom. The molecule has 0 spiro atoms. The summed E-state index contributed by atoms with van der Waals surface area (Å²) >= 11 is 6.17. The van der Waals surface area contributed by atoms with Crippen molar-refractivity contribution in [1.29, 1.82) is 0 Å². The van der Waals surface area contributed by atoms with Crippen LogP contribution in [0.5, 0.6) is 0 Å². The molecule has 0 unspecified atom stereocenters. The van der Waals surface area contributed by atoms with E-state index in [1.165, 1.54) is 6.42 Å². The highest BCUT2D eigenvalue weighted by atomic mass is 35.5. The smallest absolute Gasteiger partial charge is 0.0771 e. The van der Waals surface area contributed by atoms with Gasteiger partial charge in [0.2, 0.25) is 0 Å². The molecule has 1 atom stereocenters. The lowest BCUT2D eigenvalue weighted by molar-refractivity contribution is 0.00300. The summed E-state index contributed by atoms with van der Waals surface area (Å²) in [5, 5.41) is 14.6. The van der Waals surface area contributed by atoms with Crippen molar-refractivity contribution in [1.82, 2.24) is 5.32 Å². The number of halogens is 1. The van der Waals surface area contributed by atoms with Gasteiger partial charge in [-0.25, -0.2) is 0 Å². The van der Waals surface area contributed by atoms with Gasteiger partial charge in [-0.15, -0.1) is 0 Å². The van der Waals surface area contributed by atoms with Gasteiger partial charge in [-0.05, 0) is 31.4 Å². The van der Waals surface area contributed by atoms with E-state index in [1.807, 2.05) is 24.3 Å². The topological polar surface area (TPSA) is 32.3 Å². The lowest BCUT2D eigenvalue weighted by Crippen LogP contribution is -2.42. The Morgan fingerprint density at radius 3 is 2.61 bits per heavy atom. The molecule has 0 radical (unpaired) electrons. The van der Waals surface area contributed by atoms with Crippen LogP contribution in [0.3, 0.4) is 0 Å². The summed E-state index contributed by atoms with van der Waals surface area (Å²) in [5.41, 5.74) is 0.576. The first-order valence-corrected chi connectivity index (χ1v) is 7.19. The first-order chi connectivity index (χ1) is 8.61. The van der Waals surface area contributed by atoms with Gasteiger partial charge in [-0.2, -0.15) is 0 Å². The van der Waals surface area contributed by atoms with Crippen molar-refractivity contribution in [3.8, 4) is 0 Å². The highest BCUT2D eigenvalue weighted by molar-refractivity contribution is 6.31. The second kappa shape index (κ2) is 6.05. The third kappa shape index (κ3) is 3.47. The molecule has 0 saturated heterocycles. The first-order valence-electron chi connectivity index (χ1n) is 6.81. The number of hydrogen-bond donors (Lipinski definition) is 2. The highest BCUT2D eigenvalue weighted by Gasteiger charge is 2.29. The molecule has 1 fully saturated rings. The molecule has 100 valence electrons. The van der Waals surface area contributed by atoms with Crippen molar-refractivity contribution in [2.24, 2.45) is 0 Å². The van der Waals surface area contributed by atoms with Gasteiger partial charge in [0.25, 0.3) is 0 Å². The molecular weight excluding hydrogens is 246 g/mol. The van der Waals surface area contributed by atoms with Gasteiger partial charge in [-0.1, -0.05) is 49.1 Å². The number of rotatable bonds is 4. The predicted octanol–water partition coefficient (Wildman–Crippen LogP) is 3.69. The molecule has 1 aliphatic rings. The first kappa shape index (κ1) is 13.9. The van der Waals surface area contributed by atoms with Crippen molar-refractivity contribution in [2.45, 2.75) is 50.7 Å². The Balaban J connectivity index is 1.92. The van der Waals surface area contributed by atoms with Crippen LogP contribution in [-0.2, 0) is 0 Å². The van der Waals surface area contributed by atoms with Crippen LogP contribution in [0.1, 0.15) is 50.6 Å². The molecule has 2 nitrogen and oxygen atoms in total. The summed E-state index contributed by atoms with van der Waals surface area (Å²) in [4.78, 5) is 0. The standard InChI is InChI=1S/C15H22ClNO/c1-12(13-7-3-4-8-14(13)16)17-11-15(18)9-5-2-6-10-15/h3-4,7-8,12,17-18H,2,5-6,9-11H2,1H3/t12-/m1/s1. The van der Waals surface area contributed by atoms with Gasteiger partial charge in [0.05, 0.1) is 5.60 Å². The minimum absolute atomic E-state index is 0.171. The van der Waals surface area contributed by atoms with Gasteiger partial charge >= 0.3 is 0 Å². The number of hydrogen-bond acceptors (Lipinski definition) is 2. The molecule has 1 aliphatic carbocycles. The van der Waals surface area contributed by atoms with Gasteiger partial charge < -0.3 is 10.4 Å². The van der Waals surface area contributed by atoms with Crippen molar-refractivity contribution in [3.63, 3.8) is 0 Å². The third-order valence-corrected chi connectivity index (χ3v) is 4.24. The Bertz CT molecular complexity index is 388. The molecule has 0 bridgehead atoms. The average molecular weight is 268 g/mol. The molecular formula is C15H22ClNO. The number of aliphatic hydroxyl groups is 1. The zero-order valence-corrected chi connectivity index (χ0v) is 11.7. The zero-order chi connectivity index (χ0) is 13.0. The molecule has 2 N–H and O–H groups in total. The van der Waals surface area contributed by atoms with Crippen LogP contribution in [0, 0.1) is 0 Å². The Morgan fingerprint density at radius 2 is 1.94 bits per heavy atom. The molecule has 1 aromatic rings. The lowest BCUT2D eigenvalue weighted by Gasteiger charge is -2.33. The van der Waals surface area contributed by atoms with E-state index < -0.39 is 5.60 Å². The van der Waals surface area contributed by atoms with E-state index in [2.05, 4.69) is 12.2 Å². The van der Waals surface area contributed by atoms with Crippen molar-refractivity contribution in [3.05, 3.63) is 34.9 Å². The largest absolute Gasteiger partial charge is 0.389 e. The van der Waals surface area contributed by atoms with E-state index >= 15 is 0 Å². The van der Waals surface area contributed by atoms with Gasteiger partial charge in [0.1, 0.15) is 0 Å². The maximum Gasteiger partial charge on any atom is 0.0771 e. The van der Waals surface area contributed by atoms with Crippen molar-refractivity contribution in [2.75, 3.05) is 6.54 Å². The summed E-state index contributed by atoms with van der Waals surface area (Å²) < 4.78 is 0. The highest BCUT2D eigenvalue weighted by Crippen LogP contribution is 2.28. The summed E-state index contributed by atoms with van der Waals surface area (Å²) in [6.45, 7) is 2.74. The minimum atomic E-state index is -0.520. The molecule has 0 aliphatic heterocycles. The zero-order valence-electron chi connectivity index (χ0n) is 11.0. The quantitative estimate of drug-likeness (QED) is 0.872. The predicted molar refractivity (Wildman–Crippen MR) is 75.9 cm³/mol. The molecule has 0 aromatic heterocycles. The summed E-state index contributed by atoms with van der Waals surface area (Å²) in [7, 11) is 0. The van der Waals surface area contributed by atoms with E-state index in [-0.39, 0.29) is 6.04 Å². The second-order valence-corrected chi connectivity index (χ2v) is 5.82. The summed E-state index contributed by atoms with van der Waals surface area (Å²) in [6, 6.07) is 8.04. The maximum absolute atomic E-state index is 10.4. The van der Waals surface area contributed by atoms with Gasteiger partial charge in [0, 0.05) is 17.6 Å². The lowest BCUT2D eigenvalue weighted by atomic mass is 9.84. The second-order valence-electron chi connectivity index (χ2n) is 5.41. The van der Waals surface area contributed by atoms with E-state index in [0.29, 0.717) is 6.54 Å². The third-order valence-electron chi connectivity index (χ3n) is 3.89. The van der Waals surface area contributed by atoms with Crippen LogP contribution in [0.15, 0.2) is 24.3 Å². The molecule has 1 saturated carbocycles. The van der Waals surface area contributed by atoms with Crippen LogP contribution in [0.25, 0.3) is 0 Å². The monoisotopic (exact) mass is 267 g/mol. The molecule has 1 aromatic carbocycles. The van der Waals surface area contributed by atoms with Crippen molar-refractivity contribution < 1.29 is 5.11 Å². The molecule has 0 amide bonds. The van der Waals surface area contributed by atoms with E-state index in [0.717, 1.165) is 36.3 Å². The fraction of sp³-hybridized carbons (Fsp3) is 0.600. The number of benzene rings is 1. The molecule has 18 heavy (non-hydrogen) atoms. The molecule has 2 rings (SSSR count). The van der Waals surface area contributed by atoms with Crippen LogP contribution in [-0.4, -0.2) is 17.3 Å². The Labute approximate surface area is 114 Å². The number of nitrogens with one attached hydrogen (secondary N) is 1. The minimum Gasteiger partial charge on any atom is -0.389 e. The van der Waals surface area contributed by atoms with Crippen molar-refractivity contribution >= 4 is 11.6 Å². The van der Waals surface area contributed by atoms with Crippen LogP contribution in [0.2, 0.25) is 5.02 Å². The Kier molecular flexibility index (Phi) is 4.66. The molecule has 3 heteroatoms. The van der Waals surface area contributed by atoms with E-state index in [9.17, 15) is 5.11 Å². The SMILES string of the molecule is C[C@@H](NCC1(O)CCCCC1)c1ccccc1Cl. The normalized spacial score (nSPS) is 20.6. The van der Waals surface area contributed by atoms with Crippen LogP contribution >= 0.6 is 11.6 Å². The average Bonchev–Trinajstić information content (AvgIpc) is 2.38. The Hall–Kier alpha value is -0.570. The fourth-order valence-electron chi connectivity index (χ4n) is 2.67. The van der Waals surface area contributed by atoms with Crippen LogP contribution < -0.4 is 5.32 Å². The fourth-order valence-corrected chi connectivity index (χ4v) is 2.97. The molecule has 0 heterocycles. The summed E-state index contributed by atoms with van der Waals surface area (Å²) in [6.07, 6.45) is 5.35. The summed E-state index contributed by atoms with van der Waals surface area (Å²) in [5.74, 6) is 0. The van der Waals surface area contributed by atoms with E-state index in [4.69, 9.17) is 11.6 Å².